The number of anilines is 1. The number of rotatable bonds is 11. The van der Waals surface area contributed by atoms with Gasteiger partial charge in [-0.1, -0.05) is 30.0 Å². The van der Waals surface area contributed by atoms with Crippen LogP contribution in [0.3, 0.4) is 0 Å². The predicted octanol–water partition coefficient (Wildman–Crippen LogP) is 3.95. The smallest absolute Gasteiger partial charge is 0.251 e. The Hall–Kier alpha value is -4.51. The summed E-state index contributed by atoms with van der Waals surface area (Å²) in [6.45, 7) is 0.119. The zero-order valence-electron chi connectivity index (χ0n) is 21.1. The van der Waals surface area contributed by atoms with Gasteiger partial charge in [0, 0.05) is 16.9 Å². The van der Waals surface area contributed by atoms with Gasteiger partial charge in [0.15, 0.2) is 22.5 Å². The van der Waals surface area contributed by atoms with Crippen LogP contribution in [0.5, 0.6) is 17.2 Å². The number of hydrogen-bond acceptors (Lipinski definition) is 8. The fraction of sp³-hybridized carbons (Fsp3) is 0.185. The van der Waals surface area contributed by atoms with E-state index in [2.05, 4.69) is 20.8 Å². The first-order chi connectivity index (χ1) is 18.5. The molecule has 0 radical (unpaired) electrons. The lowest BCUT2D eigenvalue weighted by Gasteiger charge is -2.12. The Morgan fingerprint density at radius 2 is 1.61 bits per heavy atom. The van der Waals surface area contributed by atoms with Crippen LogP contribution in [0.4, 0.5) is 5.69 Å². The molecule has 0 atom stereocenters. The highest BCUT2D eigenvalue weighted by Gasteiger charge is 2.18. The third-order valence-corrected chi connectivity index (χ3v) is 6.40. The maximum atomic E-state index is 12.8. The predicted molar refractivity (Wildman–Crippen MR) is 144 cm³/mol. The molecule has 11 heteroatoms. The molecule has 0 saturated heterocycles. The molecule has 0 unspecified atom stereocenters. The highest BCUT2D eigenvalue weighted by Crippen LogP contribution is 2.28. The lowest BCUT2D eigenvalue weighted by molar-refractivity contribution is -0.113. The minimum absolute atomic E-state index is 0.119. The number of nitrogens with zero attached hydrogens (tertiary/aromatic N) is 3. The second-order valence-corrected chi connectivity index (χ2v) is 8.83. The molecule has 4 rings (SSSR count). The molecule has 38 heavy (non-hydrogen) atoms. The molecule has 2 N–H and O–H groups in total. The molecule has 0 saturated carbocycles. The van der Waals surface area contributed by atoms with Crippen molar-refractivity contribution in [3.63, 3.8) is 0 Å². The van der Waals surface area contributed by atoms with Crippen molar-refractivity contribution in [1.82, 2.24) is 20.1 Å². The zero-order chi connectivity index (χ0) is 26.9. The first-order valence-electron chi connectivity index (χ1n) is 11.6. The van der Waals surface area contributed by atoms with Crippen molar-refractivity contribution in [2.45, 2.75) is 11.7 Å². The second-order valence-electron chi connectivity index (χ2n) is 7.89. The van der Waals surface area contributed by atoms with E-state index in [4.69, 9.17) is 14.2 Å². The van der Waals surface area contributed by atoms with E-state index >= 15 is 0 Å². The molecule has 2 amide bonds. The number of hydrogen-bond donors (Lipinski definition) is 2. The summed E-state index contributed by atoms with van der Waals surface area (Å²) in [7, 11) is 4.63. The van der Waals surface area contributed by atoms with Crippen LogP contribution in [-0.2, 0) is 11.3 Å². The Labute approximate surface area is 224 Å². The van der Waals surface area contributed by atoms with Crippen LogP contribution in [0, 0.1) is 0 Å². The van der Waals surface area contributed by atoms with E-state index in [-0.39, 0.29) is 24.1 Å². The van der Waals surface area contributed by atoms with Crippen LogP contribution in [-0.4, -0.2) is 53.7 Å². The van der Waals surface area contributed by atoms with Crippen LogP contribution >= 0.6 is 11.8 Å². The van der Waals surface area contributed by atoms with E-state index in [1.54, 1.807) is 49.6 Å². The summed E-state index contributed by atoms with van der Waals surface area (Å²) in [5.41, 5.74) is 1.89. The molecular formula is C27H27N5O5S. The normalized spacial score (nSPS) is 10.5. The number of benzene rings is 3. The molecule has 1 aromatic heterocycles. The number of nitrogens with one attached hydrogen (secondary N) is 2. The van der Waals surface area contributed by atoms with Gasteiger partial charge in [0.25, 0.3) is 5.91 Å². The van der Waals surface area contributed by atoms with E-state index < -0.39 is 0 Å². The highest BCUT2D eigenvalue weighted by molar-refractivity contribution is 7.99. The average Bonchev–Trinajstić information content (AvgIpc) is 3.38. The number of carbonyl (C=O) groups is 2. The van der Waals surface area contributed by atoms with E-state index in [9.17, 15) is 9.59 Å². The lowest BCUT2D eigenvalue weighted by Crippen LogP contribution is -2.24. The van der Waals surface area contributed by atoms with Crippen molar-refractivity contribution in [3.05, 3.63) is 84.2 Å². The lowest BCUT2D eigenvalue weighted by atomic mass is 10.2. The number of methoxy groups -OCH3 is 3. The summed E-state index contributed by atoms with van der Waals surface area (Å²) in [5.74, 6) is 1.84. The van der Waals surface area contributed by atoms with Gasteiger partial charge in [-0.05, 0) is 54.6 Å². The van der Waals surface area contributed by atoms with E-state index in [0.29, 0.717) is 39.5 Å². The van der Waals surface area contributed by atoms with E-state index in [1.165, 1.54) is 26.0 Å². The highest BCUT2D eigenvalue weighted by atomic mass is 32.2. The topological polar surface area (TPSA) is 117 Å². The molecule has 4 aromatic rings. The number of thioether (sulfide) groups is 1. The molecule has 10 nitrogen and oxygen atoms in total. The maximum absolute atomic E-state index is 12.8. The molecule has 0 bridgehead atoms. The van der Waals surface area contributed by atoms with Crippen LogP contribution in [0.2, 0.25) is 0 Å². The Morgan fingerprint density at radius 1 is 0.868 bits per heavy atom. The molecule has 0 aliphatic carbocycles. The molecule has 196 valence electrons. The fourth-order valence-corrected chi connectivity index (χ4v) is 4.36. The summed E-state index contributed by atoms with van der Waals surface area (Å²) in [6, 6.07) is 21.5. The molecule has 0 aliphatic heterocycles. The van der Waals surface area contributed by atoms with Gasteiger partial charge in [-0.2, -0.15) is 0 Å². The van der Waals surface area contributed by atoms with Gasteiger partial charge in [0.1, 0.15) is 5.75 Å². The molecule has 0 spiro atoms. The van der Waals surface area contributed by atoms with Crippen LogP contribution in [0.1, 0.15) is 16.2 Å². The van der Waals surface area contributed by atoms with Gasteiger partial charge in [-0.25, -0.2) is 0 Å². The van der Waals surface area contributed by atoms with Crippen molar-refractivity contribution < 1.29 is 23.8 Å². The maximum Gasteiger partial charge on any atom is 0.251 e. The zero-order valence-corrected chi connectivity index (χ0v) is 22.0. The molecule has 3 aromatic carbocycles. The van der Waals surface area contributed by atoms with Gasteiger partial charge in [0.2, 0.25) is 5.91 Å². The van der Waals surface area contributed by atoms with Crippen molar-refractivity contribution >= 4 is 29.3 Å². The van der Waals surface area contributed by atoms with Crippen molar-refractivity contribution in [3.8, 4) is 22.9 Å². The van der Waals surface area contributed by atoms with Gasteiger partial charge >= 0.3 is 0 Å². The van der Waals surface area contributed by atoms with Crippen LogP contribution in [0.15, 0.2) is 78.0 Å². The first-order valence-corrected chi connectivity index (χ1v) is 12.6. The van der Waals surface area contributed by atoms with E-state index in [0.717, 1.165) is 5.69 Å². The Bertz CT molecular complexity index is 1390. The SMILES string of the molecule is COc1ccc(NC(=O)CSc2nnc(CNC(=O)c3ccc(OC)c(OC)c3)n2-c2ccccc2)cc1. The number of aromatic nitrogens is 3. The molecular weight excluding hydrogens is 506 g/mol. The summed E-state index contributed by atoms with van der Waals surface area (Å²) in [4.78, 5) is 25.4. The van der Waals surface area contributed by atoms with Crippen LogP contribution in [0.25, 0.3) is 5.69 Å². The second kappa shape index (κ2) is 12.6. The minimum atomic E-state index is -0.304. The van der Waals surface area contributed by atoms with Gasteiger partial charge in [0.05, 0.1) is 33.6 Å². The minimum Gasteiger partial charge on any atom is -0.497 e. The van der Waals surface area contributed by atoms with Gasteiger partial charge in [-0.3, -0.25) is 14.2 Å². The Morgan fingerprint density at radius 3 is 2.29 bits per heavy atom. The monoisotopic (exact) mass is 533 g/mol. The number of para-hydroxylation sites is 1. The average molecular weight is 534 g/mol. The van der Waals surface area contributed by atoms with Gasteiger partial charge < -0.3 is 24.8 Å². The van der Waals surface area contributed by atoms with Crippen molar-refractivity contribution in [1.29, 1.82) is 0 Å². The summed E-state index contributed by atoms with van der Waals surface area (Å²) < 4.78 is 17.5. The quantitative estimate of drug-likeness (QED) is 0.279. The number of amides is 2. The largest absolute Gasteiger partial charge is 0.497 e. The summed E-state index contributed by atoms with van der Waals surface area (Å²) in [6.07, 6.45) is 0. The number of carbonyl (C=O) groups excluding carboxylic acids is 2. The fourth-order valence-electron chi connectivity index (χ4n) is 3.59. The Kier molecular flexibility index (Phi) is 8.83. The third kappa shape index (κ3) is 6.43. The van der Waals surface area contributed by atoms with E-state index in [1.807, 2.05) is 34.9 Å². The van der Waals surface area contributed by atoms with Crippen molar-refractivity contribution in [2.75, 3.05) is 32.4 Å². The molecule has 1 heterocycles. The molecule has 0 aliphatic rings. The standard InChI is InChI=1S/C27H27N5O5S/c1-35-21-12-10-19(11-13-21)29-25(33)17-38-27-31-30-24(32(27)20-7-5-4-6-8-20)16-28-26(34)18-9-14-22(36-2)23(15-18)37-3/h4-15H,16-17H2,1-3H3,(H,28,34)(H,29,33). The van der Waals surface area contributed by atoms with Gasteiger partial charge in [-0.15, -0.1) is 10.2 Å². The summed E-state index contributed by atoms with van der Waals surface area (Å²) in [5, 5.41) is 14.8. The van der Waals surface area contributed by atoms with Crippen LogP contribution < -0.4 is 24.8 Å². The molecule has 0 fully saturated rings. The first kappa shape index (κ1) is 26.6. The number of ether oxygens (including phenoxy) is 3. The van der Waals surface area contributed by atoms with Crippen molar-refractivity contribution in [2.24, 2.45) is 0 Å². The Balaban J connectivity index is 1.46. The summed E-state index contributed by atoms with van der Waals surface area (Å²) >= 11 is 1.25. The third-order valence-electron chi connectivity index (χ3n) is 5.47.